The Bertz CT molecular complexity index is 1890. The third-order valence-electron chi connectivity index (χ3n) is 7.53. The van der Waals surface area contributed by atoms with Crippen molar-refractivity contribution in [2.75, 3.05) is 49.1 Å². The molecular weight excluding hydrogens is 645 g/mol. The molecule has 3 aromatic heterocycles. The van der Waals surface area contributed by atoms with Crippen LogP contribution in [0.3, 0.4) is 0 Å². The third-order valence-corrected chi connectivity index (χ3v) is 9.64. The molecule has 1 saturated heterocycles. The van der Waals surface area contributed by atoms with E-state index in [2.05, 4.69) is 51.5 Å². The van der Waals surface area contributed by atoms with Gasteiger partial charge in [0.1, 0.15) is 24.2 Å². The van der Waals surface area contributed by atoms with Gasteiger partial charge in [-0.1, -0.05) is 0 Å². The van der Waals surface area contributed by atoms with E-state index in [4.69, 9.17) is 9.72 Å². The Hall–Kier alpha value is -4.06. The third kappa shape index (κ3) is 6.12. The summed E-state index contributed by atoms with van der Waals surface area (Å²) in [5, 5.41) is 21.8. The number of rotatable bonds is 8. The Kier molecular flexibility index (Phi) is 8.28. The number of nitrogens with zero attached hydrogens (tertiary/aromatic N) is 7. The smallest absolute Gasteiger partial charge is 0.229 e. The van der Waals surface area contributed by atoms with Crippen LogP contribution >= 0.6 is 23.1 Å². The lowest BCUT2D eigenvalue weighted by atomic mass is 10.0. The number of nitrogens with one attached hydrogen (secondary N) is 2. The SMILES string of the molecule is COc1cc(N2CCC(O)CC2)c(-c2cnn(C)c2)cc1Nc1ncc(Br)c(Nc2ccc3nccnc3c2P(C)(C)=O)n1. The molecule has 1 aliphatic heterocycles. The number of halogens is 1. The van der Waals surface area contributed by atoms with Crippen molar-refractivity contribution < 1.29 is 14.4 Å². The zero-order valence-electron chi connectivity index (χ0n) is 24.8. The molecule has 3 N–H and O–H groups in total. The van der Waals surface area contributed by atoms with Gasteiger partial charge in [0.15, 0.2) is 0 Å². The van der Waals surface area contributed by atoms with Crippen LogP contribution in [0.1, 0.15) is 12.8 Å². The van der Waals surface area contributed by atoms with E-state index in [1.807, 2.05) is 43.7 Å². The van der Waals surface area contributed by atoms with Gasteiger partial charge >= 0.3 is 0 Å². The molecule has 0 atom stereocenters. The van der Waals surface area contributed by atoms with Gasteiger partial charge in [-0.15, -0.1) is 0 Å². The van der Waals surface area contributed by atoms with Crippen LogP contribution in [-0.2, 0) is 11.6 Å². The summed E-state index contributed by atoms with van der Waals surface area (Å²) in [4.78, 5) is 20.4. The van der Waals surface area contributed by atoms with E-state index in [9.17, 15) is 9.67 Å². The minimum absolute atomic E-state index is 0.284. The van der Waals surface area contributed by atoms with Crippen molar-refractivity contribution in [1.82, 2.24) is 29.7 Å². The lowest BCUT2D eigenvalue weighted by molar-refractivity contribution is 0.145. The summed E-state index contributed by atoms with van der Waals surface area (Å²) in [6, 6.07) is 7.70. The number of ether oxygens (including phenoxy) is 1. The molecule has 0 bridgehead atoms. The van der Waals surface area contributed by atoms with Crippen LogP contribution in [0.2, 0.25) is 0 Å². The standard InChI is InChI=1S/C30H33BrN9O3P/c1-39-17-18(15-35-39)20-13-24(26(43-2)14-25(20)40-11-7-19(41)8-12-40)37-30-34-16-21(31)29(38-30)36-23-6-5-22-27(33-10-9-32-22)28(23)44(3,4)42/h5-6,9-10,13-17,19,41H,7-8,11-12H2,1-4H3,(H2,34,36,37,38). The topological polar surface area (TPSA) is 143 Å². The predicted octanol–water partition coefficient (Wildman–Crippen LogP) is 5.29. The summed E-state index contributed by atoms with van der Waals surface area (Å²) < 4.78 is 21.6. The second-order valence-electron chi connectivity index (χ2n) is 11.1. The number of methoxy groups -OCH3 is 1. The maximum atomic E-state index is 13.4. The molecule has 4 heterocycles. The summed E-state index contributed by atoms with van der Waals surface area (Å²) in [5.74, 6) is 1.43. The normalized spacial score (nSPS) is 14.2. The first-order valence-corrected chi connectivity index (χ1v) is 17.5. The highest BCUT2D eigenvalue weighted by Crippen LogP contribution is 2.43. The van der Waals surface area contributed by atoms with Gasteiger partial charge in [-0.2, -0.15) is 10.1 Å². The molecule has 0 radical (unpaired) electrons. The van der Waals surface area contributed by atoms with Gasteiger partial charge in [0.2, 0.25) is 5.95 Å². The quantitative estimate of drug-likeness (QED) is 0.184. The molecule has 2 aromatic carbocycles. The molecule has 44 heavy (non-hydrogen) atoms. The Morgan fingerprint density at radius 2 is 1.82 bits per heavy atom. The number of aryl methyl sites for hydroxylation is 1. The van der Waals surface area contributed by atoms with Crippen molar-refractivity contribution in [3.8, 4) is 16.9 Å². The van der Waals surface area contributed by atoms with Gasteiger partial charge in [-0.05, 0) is 60.3 Å². The molecule has 0 aliphatic carbocycles. The number of aromatic nitrogens is 6. The Morgan fingerprint density at radius 1 is 1.05 bits per heavy atom. The van der Waals surface area contributed by atoms with Gasteiger partial charge in [0.05, 0.1) is 46.1 Å². The van der Waals surface area contributed by atoms with Crippen molar-refractivity contribution in [3.63, 3.8) is 0 Å². The number of hydrogen-bond acceptors (Lipinski definition) is 11. The van der Waals surface area contributed by atoms with Crippen LogP contribution < -0.4 is 25.6 Å². The van der Waals surface area contributed by atoms with Crippen molar-refractivity contribution in [2.45, 2.75) is 18.9 Å². The summed E-state index contributed by atoms with van der Waals surface area (Å²) in [7, 11) is 0.748. The fourth-order valence-electron chi connectivity index (χ4n) is 5.43. The van der Waals surface area contributed by atoms with Crippen LogP contribution in [0.5, 0.6) is 5.75 Å². The van der Waals surface area contributed by atoms with Gasteiger partial charge in [-0.25, -0.2) is 4.98 Å². The van der Waals surface area contributed by atoms with E-state index in [1.165, 1.54) is 0 Å². The van der Waals surface area contributed by atoms with Crippen molar-refractivity contribution in [2.24, 2.45) is 7.05 Å². The van der Waals surface area contributed by atoms with E-state index in [1.54, 1.807) is 43.7 Å². The van der Waals surface area contributed by atoms with E-state index in [0.29, 0.717) is 62.5 Å². The molecular formula is C30H33BrN9O3P. The fourth-order valence-corrected chi connectivity index (χ4v) is 7.11. The van der Waals surface area contributed by atoms with Crippen molar-refractivity contribution in [3.05, 3.63) is 59.7 Å². The molecule has 228 valence electrons. The number of aliphatic hydroxyl groups excluding tert-OH is 1. The first kappa shape index (κ1) is 30.0. The minimum atomic E-state index is -2.76. The fraction of sp³-hybridized carbons (Fsp3) is 0.300. The molecule has 14 heteroatoms. The maximum Gasteiger partial charge on any atom is 0.229 e. The summed E-state index contributed by atoms with van der Waals surface area (Å²) in [6.07, 6.45) is 9.79. The average molecular weight is 679 g/mol. The highest BCUT2D eigenvalue weighted by atomic mass is 79.9. The van der Waals surface area contributed by atoms with Crippen LogP contribution in [0.4, 0.5) is 28.8 Å². The van der Waals surface area contributed by atoms with E-state index >= 15 is 0 Å². The number of piperidine rings is 1. The molecule has 0 saturated carbocycles. The number of hydrogen-bond donors (Lipinski definition) is 3. The zero-order chi connectivity index (χ0) is 31.0. The van der Waals surface area contributed by atoms with E-state index in [-0.39, 0.29) is 6.10 Å². The summed E-state index contributed by atoms with van der Waals surface area (Å²) in [5.41, 5.74) is 5.48. The van der Waals surface area contributed by atoms with Gasteiger partial charge < -0.3 is 29.9 Å². The number of anilines is 5. The van der Waals surface area contributed by atoms with Crippen molar-refractivity contribution in [1.29, 1.82) is 0 Å². The van der Waals surface area contributed by atoms with Crippen LogP contribution in [-0.4, -0.2) is 74.5 Å². The Morgan fingerprint density at radius 3 is 2.52 bits per heavy atom. The monoisotopic (exact) mass is 677 g/mol. The number of benzene rings is 2. The zero-order valence-corrected chi connectivity index (χ0v) is 27.3. The van der Waals surface area contributed by atoms with E-state index in [0.717, 1.165) is 29.9 Å². The molecule has 0 spiro atoms. The first-order valence-electron chi connectivity index (χ1n) is 14.1. The molecule has 6 rings (SSSR count). The number of fused-ring (bicyclic) bond motifs is 1. The lowest BCUT2D eigenvalue weighted by Crippen LogP contribution is -2.36. The predicted molar refractivity (Wildman–Crippen MR) is 178 cm³/mol. The summed E-state index contributed by atoms with van der Waals surface area (Å²) >= 11 is 3.56. The van der Waals surface area contributed by atoms with Crippen LogP contribution in [0.25, 0.3) is 22.2 Å². The summed E-state index contributed by atoms with van der Waals surface area (Å²) in [6.45, 7) is 4.90. The highest BCUT2D eigenvalue weighted by molar-refractivity contribution is 9.10. The largest absolute Gasteiger partial charge is 0.494 e. The second kappa shape index (κ2) is 12.1. The van der Waals surface area contributed by atoms with Crippen LogP contribution in [0, 0.1) is 0 Å². The molecule has 0 amide bonds. The lowest BCUT2D eigenvalue weighted by Gasteiger charge is -2.33. The molecule has 12 nitrogen and oxygen atoms in total. The minimum Gasteiger partial charge on any atom is -0.494 e. The molecule has 0 unspecified atom stereocenters. The van der Waals surface area contributed by atoms with Crippen LogP contribution in [0.15, 0.2) is 59.7 Å². The maximum absolute atomic E-state index is 13.4. The van der Waals surface area contributed by atoms with E-state index < -0.39 is 7.14 Å². The van der Waals surface area contributed by atoms with Crippen molar-refractivity contribution >= 4 is 68.2 Å². The molecule has 1 aliphatic rings. The van der Waals surface area contributed by atoms with Gasteiger partial charge in [-0.3, -0.25) is 14.6 Å². The average Bonchev–Trinajstić information content (AvgIpc) is 3.44. The Labute approximate surface area is 263 Å². The molecule has 1 fully saturated rings. The Balaban J connectivity index is 1.37. The first-order chi connectivity index (χ1) is 21.1. The highest BCUT2D eigenvalue weighted by Gasteiger charge is 2.24. The number of aliphatic hydroxyl groups is 1. The second-order valence-corrected chi connectivity index (χ2v) is 15.1. The van der Waals surface area contributed by atoms with Gasteiger partial charge in [0.25, 0.3) is 0 Å². The van der Waals surface area contributed by atoms with Gasteiger partial charge in [0, 0.05) is 67.8 Å². The molecule has 5 aromatic rings.